The third-order valence-corrected chi connectivity index (χ3v) is 5.71. The van der Waals surface area contributed by atoms with Crippen molar-refractivity contribution >= 4 is 17.7 Å². The second-order valence-electron chi connectivity index (χ2n) is 8.72. The highest BCUT2D eigenvalue weighted by atomic mass is 16.4. The lowest BCUT2D eigenvalue weighted by atomic mass is 9.88. The van der Waals surface area contributed by atoms with Gasteiger partial charge >= 0.3 is 6.09 Å². The van der Waals surface area contributed by atoms with Crippen molar-refractivity contribution in [2.24, 2.45) is 0 Å². The number of amides is 2. The second kappa shape index (κ2) is 9.05. The number of fused-ring (bicyclic) bond motifs is 1. The van der Waals surface area contributed by atoms with Crippen molar-refractivity contribution in [1.82, 2.24) is 24.8 Å². The summed E-state index contributed by atoms with van der Waals surface area (Å²) in [6.45, 7) is 8.82. The van der Waals surface area contributed by atoms with Gasteiger partial charge in [0.25, 0.3) is 0 Å². The molecule has 1 N–H and O–H groups in total. The SMILES string of the molecule is CC(=O)N1c2ccc(-c3cn(CCN(C)C)nn3)cc2[C@H](N(C(=O)O)C(C)C)C[C@@H]1C. The molecule has 0 radical (unpaired) electrons. The molecule has 2 amide bonds. The first-order chi connectivity index (χ1) is 14.6. The number of likely N-dealkylation sites (N-methyl/N-ethyl adjacent to an activating group) is 1. The summed E-state index contributed by atoms with van der Waals surface area (Å²) in [6.07, 6.45) is 1.47. The highest BCUT2D eigenvalue weighted by Crippen LogP contribution is 2.42. The zero-order valence-corrected chi connectivity index (χ0v) is 19.1. The van der Waals surface area contributed by atoms with E-state index in [9.17, 15) is 14.7 Å². The summed E-state index contributed by atoms with van der Waals surface area (Å²) in [7, 11) is 4.01. The number of carbonyl (C=O) groups is 2. The number of rotatable bonds is 6. The topological polar surface area (TPSA) is 94.8 Å². The number of benzene rings is 1. The second-order valence-corrected chi connectivity index (χ2v) is 8.72. The van der Waals surface area contributed by atoms with E-state index < -0.39 is 6.09 Å². The molecule has 0 aliphatic carbocycles. The summed E-state index contributed by atoms with van der Waals surface area (Å²) in [6, 6.07) is 5.14. The molecular formula is C22H32N6O3. The van der Waals surface area contributed by atoms with Crippen LogP contribution in [0.4, 0.5) is 10.5 Å². The monoisotopic (exact) mass is 428 g/mol. The Hall–Kier alpha value is -2.94. The van der Waals surface area contributed by atoms with E-state index >= 15 is 0 Å². The lowest BCUT2D eigenvalue weighted by Crippen LogP contribution is -2.48. The quantitative estimate of drug-likeness (QED) is 0.760. The van der Waals surface area contributed by atoms with Crippen molar-refractivity contribution in [3.8, 4) is 11.3 Å². The molecule has 168 valence electrons. The maximum atomic E-state index is 12.4. The number of hydrogen-bond acceptors (Lipinski definition) is 5. The van der Waals surface area contributed by atoms with Gasteiger partial charge in [0, 0.05) is 36.8 Å². The van der Waals surface area contributed by atoms with E-state index in [0.29, 0.717) is 6.42 Å². The molecule has 2 aromatic rings. The van der Waals surface area contributed by atoms with Gasteiger partial charge in [-0.3, -0.25) is 14.4 Å². The zero-order valence-electron chi connectivity index (χ0n) is 19.1. The summed E-state index contributed by atoms with van der Waals surface area (Å²) < 4.78 is 1.80. The smallest absolute Gasteiger partial charge is 0.408 e. The number of aromatic nitrogens is 3. The molecule has 9 nitrogen and oxygen atoms in total. The molecule has 1 aromatic heterocycles. The number of carboxylic acid groups (broad SMARTS) is 1. The first-order valence-electron chi connectivity index (χ1n) is 10.6. The van der Waals surface area contributed by atoms with Gasteiger partial charge in [-0.15, -0.1) is 5.10 Å². The Labute approximate surface area is 183 Å². The summed E-state index contributed by atoms with van der Waals surface area (Å²) >= 11 is 0. The van der Waals surface area contributed by atoms with Gasteiger partial charge in [0.1, 0.15) is 5.69 Å². The predicted octanol–water partition coefficient (Wildman–Crippen LogP) is 3.08. The van der Waals surface area contributed by atoms with Gasteiger partial charge < -0.3 is 14.9 Å². The van der Waals surface area contributed by atoms with E-state index in [1.807, 2.05) is 59.3 Å². The van der Waals surface area contributed by atoms with E-state index in [1.54, 1.807) is 16.5 Å². The minimum atomic E-state index is -0.963. The normalized spacial score (nSPS) is 18.4. The van der Waals surface area contributed by atoms with Crippen LogP contribution in [0.5, 0.6) is 0 Å². The first-order valence-corrected chi connectivity index (χ1v) is 10.6. The predicted molar refractivity (Wildman–Crippen MR) is 119 cm³/mol. The van der Waals surface area contributed by atoms with Gasteiger partial charge in [-0.05, 0) is 59.0 Å². The molecular weight excluding hydrogens is 396 g/mol. The Morgan fingerprint density at radius 2 is 2.00 bits per heavy atom. The third-order valence-electron chi connectivity index (χ3n) is 5.71. The van der Waals surface area contributed by atoms with E-state index in [2.05, 4.69) is 15.2 Å². The van der Waals surface area contributed by atoms with Crippen LogP contribution in [-0.2, 0) is 11.3 Å². The standard InChI is InChI=1S/C22H32N6O3/c1-14(2)27(22(30)31)21-11-15(3)28(16(4)29)20-8-7-17(12-18(20)21)19-13-26(24-23-19)10-9-25(5)6/h7-8,12-15,21H,9-11H2,1-6H3,(H,30,31)/t15-,21+/m0/s1. The van der Waals surface area contributed by atoms with Gasteiger partial charge in [0.05, 0.1) is 18.8 Å². The van der Waals surface area contributed by atoms with Gasteiger partial charge in [-0.1, -0.05) is 11.3 Å². The molecule has 1 aromatic carbocycles. The maximum Gasteiger partial charge on any atom is 0.408 e. The van der Waals surface area contributed by atoms with Crippen LogP contribution in [0.25, 0.3) is 11.3 Å². The van der Waals surface area contributed by atoms with Crippen LogP contribution in [-0.4, -0.2) is 74.6 Å². The Morgan fingerprint density at radius 1 is 1.29 bits per heavy atom. The van der Waals surface area contributed by atoms with Crippen LogP contribution >= 0.6 is 0 Å². The molecule has 0 spiro atoms. The van der Waals surface area contributed by atoms with Gasteiger partial charge in [0.15, 0.2) is 0 Å². The molecule has 1 aliphatic rings. The summed E-state index contributed by atoms with van der Waals surface area (Å²) in [5.74, 6) is -0.0546. The van der Waals surface area contributed by atoms with Crippen molar-refractivity contribution in [1.29, 1.82) is 0 Å². The highest BCUT2D eigenvalue weighted by Gasteiger charge is 2.38. The Kier molecular flexibility index (Phi) is 6.64. The largest absolute Gasteiger partial charge is 0.465 e. The number of hydrogen-bond donors (Lipinski definition) is 1. The van der Waals surface area contributed by atoms with Crippen LogP contribution < -0.4 is 4.90 Å². The van der Waals surface area contributed by atoms with Crippen LogP contribution in [0.3, 0.4) is 0 Å². The molecule has 9 heteroatoms. The third kappa shape index (κ3) is 4.71. The summed E-state index contributed by atoms with van der Waals surface area (Å²) in [5.41, 5.74) is 3.16. The average Bonchev–Trinajstić information content (AvgIpc) is 3.14. The Bertz CT molecular complexity index is 954. The lowest BCUT2D eigenvalue weighted by molar-refractivity contribution is -0.117. The van der Waals surface area contributed by atoms with Gasteiger partial charge in [-0.2, -0.15) is 0 Å². The lowest BCUT2D eigenvalue weighted by Gasteiger charge is -2.43. The van der Waals surface area contributed by atoms with Crippen LogP contribution in [0.1, 0.15) is 45.7 Å². The zero-order chi connectivity index (χ0) is 22.9. The molecule has 0 unspecified atom stereocenters. The molecule has 2 heterocycles. The van der Waals surface area contributed by atoms with Crippen molar-refractivity contribution in [3.63, 3.8) is 0 Å². The first kappa shape index (κ1) is 22.7. The highest BCUT2D eigenvalue weighted by molar-refractivity contribution is 5.94. The molecule has 0 saturated heterocycles. The van der Waals surface area contributed by atoms with Gasteiger partial charge in [-0.25, -0.2) is 4.79 Å². The minimum Gasteiger partial charge on any atom is -0.465 e. The summed E-state index contributed by atoms with van der Waals surface area (Å²) in [5, 5.41) is 18.4. The van der Waals surface area contributed by atoms with Gasteiger partial charge in [0.2, 0.25) is 5.91 Å². The molecule has 0 fully saturated rings. The Balaban J connectivity index is 2.05. The molecule has 0 saturated carbocycles. The minimum absolute atomic E-state index is 0.0546. The number of carbonyl (C=O) groups excluding carboxylic acids is 1. The van der Waals surface area contributed by atoms with Crippen molar-refractivity contribution in [2.45, 2.75) is 58.8 Å². The fourth-order valence-corrected chi connectivity index (χ4v) is 4.29. The average molecular weight is 429 g/mol. The van der Waals surface area contributed by atoms with Crippen LogP contribution in [0.15, 0.2) is 24.4 Å². The van der Waals surface area contributed by atoms with E-state index in [1.165, 1.54) is 4.90 Å². The van der Waals surface area contributed by atoms with Crippen LogP contribution in [0, 0.1) is 0 Å². The molecule has 1 aliphatic heterocycles. The maximum absolute atomic E-state index is 12.4. The molecule has 31 heavy (non-hydrogen) atoms. The van der Waals surface area contributed by atoms with Crippen molar-refractivity contribution in [3.05, 3.63) is 30.0 Å². The number of anilines is 1. The van der Waals surface area contributed by atoms with Crippen molar-refractivity contribution in [2.75, 3.05) is 25.5 Å². The van der Waals surface area contributed by atoms with Crippen molar-refractivity contribution < 1.29 is 14.7 Å². The fraction of sp³-hybridized carbons (Fsp3) is 0.545. The van der Waals surface area contributed by atoms with E-state index in [-0.39, 0.29) is 24.0 Å². The Morgan fingerprint density at radius 3 is 2.58 bits per heavy atom. The summed E-state index contributed by atoms with van der Waals surface area (Å²) in [4.78, 5) is 29.7. The molecule has 0 bridgehead atoms. The molecule has 3 rings (SSSR count). The van der Waals surface area contributed by atoms with E-state index in [0.717, 1.165) is 35.6 Å². The van der Waals surface area contributed by atoms with Crippen LogP contribution in [0.2, 0.25) is 0 Å². The fourth-order valence-electron chi connectivity index (χ4n) is 4.29. The van der Waals surface area contributed by atoms with E-state index in [4.69, 9.17) is 0 Å². The molecule has 2 atom stereocenters. The number of nitrogens with zero attached hydrogens (tertiary/aromatic N) is 6.